The third-order valence-corrected chi connectivity index (χ3v) is 3.67. The van der Waals surface area contributed by atoms with Gasteiger partial charge in [-0.3, -0.25) is 0 Å². The fourth-order valence-electron chi connectivity index (χ4n) is 2.56. The number of pyridine rings is 1. The lowest BCUT2D eigenvalue weighted by Gasteiger charge is -2.11. The van der Waals surface area contributed by atoms with Crippen LogP contribution in [0.2, 0.25) is 0 Å². The molecule has 4 rings (SSSR count). The number of aromatic nitrogens is 5. The Kier molecular flexibility index (Phi) is 3.51. The van der Waals surface area contributed by atoms with Crippen molar-refractivity contribution in [3.63, 3.8) is 0 Å². The Hall–Kier alpha value is -3.48. The summed E-state index contributed by atoms with van der Waals surface area (Å²) < 4.78 is 1.79. The fraction of sp³-hybridized carbons (Fsp3) is 0.0588. The van der Waals surface area contributed by atoms with Gasteiger partial charge in [0.05, 0.1) is 23.4 Å². The molecule has 118 valence electrons. The van der Waals surface area contributed by atoms with Gasteiger partial charge in [-0.15, -0.1) is 0 Å². The molecule has 0 radical (unpaired) electrons. The number of nitrogens with one attached hydrogen (secondary N) is 1. The quantitative estimate of drug-likeness (QED) is 0.600. The highest BCUT2D eigenvalue weighted by molar-refractivity contribution is 5.93. The zero-order valence-corrected chi connectivity index (χ0v) is 12.8. The fourth-order valence-corrected chi connectivity index (χ4v) is 2.56. The van der Waals surface area contributed by atoms with Crippen molar-refractivity contribution in [1.82, 2.24) is 25.0 Å². The molecule has 7 nitrogen and oxygen atoms in total. The van der Waals surface area contributed by atoms with E-state index >= 15 is 0 Å². The summed E-state index contributed by atoms with van der Waals surface area (Å²) in [6.07, 6.45) is 5.28. The Bertz CT molecular complexity index is 965. The summed E-state index contributed by atoms with van der Waals surface area (Å²) in [5, 5.41) is 16.5. The number of hydrogen-bond donors (Lipinski definition) is 2. The molecule has 0 fully saturated rings. The van der Waals surface area contributed by atoms with E-state index in [2.05, 4.69) is 25.6 Å². The average molecular weight is 317 g/mol. The van der Waals surface area contributed by atoms with Crippen molar-refractivity contribution in [2.45, 2.75) is 6.54 Å². The first-order valence-electron chi connectivity index (χ1n) is 7.50. The van der Waals surface area contributed by atoms with Crippen LogP contribution in [0, 0.1) is 0 Å². The maximum absolute atomic E-state index is 5.96. The van der Waals surface area contributed by atoms with E-state index in [9.17, 15) is 0 Å². The van der Waals surface area contributed by atoms with Crippen LogP contribution in [0.3, 0.4) is 0 Å². The predicted octanol–water partition coefficient (Wildman–Crippen LogP) is 2.40. The summed E-state index contributed by atoms with van der Waals surface area (Å²) >= 11 is 0. The number of benzene rings is 1. The van der Waals surface area contributed by atoms with E-state index in [1.807, 2.05) is 48.7 Å². The van der Waals surface area contributed by atoms with Gasteiger partial charge in [-0.25, -0.2) is 9.67 Å². The maximum atomic E-state index is 5.96. The first-order valence-corrected chi connectivity index (χ1v) is 7.50. The standard InChI is InChI=1S/C17H15N7/c18-17-10-15(19-11-12-3-1-6-20-23-12)14-5-4-13(9-16(14)22-17)24-8-2-7-21-24/h1-10H,11H2,(H3,18,19,22). The van der Waals surface area contributed by atoms with E-state index in [0.717, 1.165) is 28.0 Å². The van der Waals surface area contributed by atoms with Gasteiger partial charge in [0.25, 0.3) is 0 Å². The van der Waals surface area contributed by atoms with Crippen molar-refractivity contribution in [1.29, 1.82) is 0 Å². The van der Waals surface area contributed by atoms with Crippen molar-refractivity contribution in [2.24, 2.45) is 0 Å². The van der Waals surface area contributed by atoms with Crippen LogP contribution in [0.15, 0.2) is 61.1 Å². The summed E-state index contributed by atoms with van der Waals surface area (Å²) in [5.41, 5.74) is 9.47. The van der Waals surface area contributed by atoms with E-state index < -0.39 is 0 Å². The van der Waals surface area contributed by atoms with Crippen molar-refractivity contribution < 1.29 is 0 Å². The van der Waals surface area contributed by atoms with Gasteiger partial charge in [0, 0.05) is 35.7 Å². The lowest BCUT2D eigenvalue weighted by molar-refractivity contribution is 0.881. The smallest absolute Gasteiger partial charge is 0.126 e. The second-order valence-corrected chi connectivity index (χ2v) is 5.32. The molecule has 0 bridgehead atoms. The number of nitrogens with two attached hydrogens (primary N) is 1. The molecule has 0 aliphatic rings. The van der Waals surface area contributed by atoms with Gasteiger partial charge in [0.2, 0.25) is 0 Å². The number of anilines is 2. The molecule has 1 aromatic carbocycles. The van der Waals surface area contributed by atoms with Crippen molar-refractivity contribution in [2.75, 3.05) is 11.1 Å². The van der Waals surface area contributed by atoms with E-state index in [0.29, 0.717) is 12.4 Å². The molecule has 0 spiro atoms. The highest BCUT2D eigenvalue weighted by Gasteiger charge is 2.07. The summed E-state index contributed by atoms with van der Waals surface area (Å²) in [6.45, 7) is 0.563. The summed E-state index contributed by atoms with van der Waals surface area (Å²) in [5.74, 6) is 0.460. The van der Waals surface area contributed by atoms with Crippen LogP contribution in [-0.2, 0) is 6.54 Å². The van der Waals surface area contributed by atoms with Gasteiger partial charge >= 0.3 is 0 Å². The first-order chi connectivity index (χ1) is 11.8. The van der Waals surface area contributed by atoms with Crippen LogP contribution in [0.4, 0.5) is 11.5 Å². The Balaban J connectivity index is 1.70. The Morgan fingerprint density at radius 3 is 2.83 bits per heavy atom. The van der Waals surface area contributed by atoms with E-state index in [-0.39, 0.29) is 0 Å². The van der Waals surface area contributed by atoms with Gasteiger partial charge in [-0.2, -0.15) is 15.3 Å². The van der Waals surface area contributed by atoms with Gasteiger partial charge in [-0.05, 0) is 36.4 Å². The molecule has 3 aromatic heterocycles. The highest BCUT2D eigenvalue weighted by Crippen LogP contribution is 2.26. The molecule has 0 saturated carbocycles. The zero-order chi connectivity index (χ0) is 16.4. The van der Waals surface area contributed by atoms with E-state index in [1.54, 1.807) is 17.1 Å². The van der Waals surface area contributed by atoms with Crippen LogP contribution in [0.25, 0.3) is 16.6 Å². The average Bonchev–Trinajstić information content (AvgIpc) is 3.14. The first kappa shape index (κ1) is 14.1. The minimum atomic E-state index is 0.460. The number of nitrogen functional groups attached to an aromatic ring is 1. The van der Waals surface area contributed by atoms with Crippen molar-refractivity contribution >= 4 is 22.4 Å². The highest BCUT2D eigenvalue weighted by atomic mass is 15.3. The summed E-state index contributed by atoms with van der Waals surface area (Å²) in [4.78, 5) is 4.43. The molecule has 4 aromatic rings. The number of hydrogen-bond acceptors (Lipinski definition) is 6. The third-order valence-electron chi connectivity index (χ3n) is 3.67. The van der Waals surface area contributed by atoms with Crippen LogP contribution in [0.5, 0.6) is 0 Å². The molecule has 3 heterocycles. The largest absolute Gasteiger partial charge is 0.384 e. The number of nitrogens with zero attached hydrogens (tertiary/aromatic N) is 5. The molecule has 3 N–H and O–H groups in total. The summed E-state index contributed by atoms with van der Waals surface area (Å²) in [7, 11) is 0. The van der Waals surface area contributed by atoms with Crippen molar-refractivity contribution in [3.8, 4) is 5.69 Å². The topological polar surface area (TPSA) is 94.5 Å². The molecule has 0 aliphatic heterocycles. The molecule has 7 heteroatoms. The van der Waals surface area contributed by atoms with Crippen LogP contribution < -0.4 is 11.1 Å². The molecule has 0 unspecified atom stereocenters. The van der Waals surface area contributed by atoms with E-state index in [1.165, 1.54) is 0 Å². The lowest BCUT2D eigenvalue weighted by atomic mass is 10.1. The minimum Gasteiger partial charge on any atom is -0.384 e. The normalized spacial score (nSPS) is 10.8. The predicted molar refractivity (Wildman–Crippen MR) is 92.6 cm³/mol. The molecular formula is C17H15N7. The van der Waals surface area contributed by atoms with Gasteiger partial charge in [-0.1, -0.05) is 0 Å². The number of fused-ring (bicyclic) bond motifs is 1. The second kappa shape index (κ2) is 5.96. The third kappa shape index (κ3) is 2.74. The summed E-state index contributed by atoms with van der Waals surface area (Å²) in [6, 6.07) is 13.5. The number of rotatable bonds is 4. The molecular weight excluding hydrogens is 302 g/mol. The van der Waals surface area contributed by atoms with Gasteiger partial charge < -0.3 is 11.1 Å². The van der Waals surface area contributed by atoms with Crippen LogP contribution >= 0.6 is 0 Å². The second-order valence-electron chi connectivity index (χ2n) is 5.32. The minimum absolute atomic E-state index is 0.460. The lowest BCUT2D eigenvalue weighted by Crippen LogP contribution is -2.04. The Labute approximate surface area is 138 Å². The zero-order valence-electron chi connectivity index (χ0n) is 12.8. The molecule has 0 amide bonds. The van der Waals surface area contributed by atoms with Gasteiger partial charge in [0.1, 0.15) is 5.82 Å². The Morgan fingerprint density at radius 2 is 2.04 bits per heavy atom. The van der Waals surface area contributed by atoms with Crippen molar-refractivity contribution in [3.05, 3.63) is 66.7 Å². The molecule has 0 atom stereocenters. The molecule has 0 saturated heterocycles. The SMILES string of the molecule is Nc1cc(NCc2cccnn2)c2ccc(-n3cccn3)cc2n1. The molecule has 0 aliphatic carbocycles. The molecule has 24 heavy (non-hydrogen) atoms. The monoisotopic (exact) mass is 317 g/mol. The maximum Gasteiger partial charge on any atom is 0.126 e. The van der Waals surface area contributed by atoms with Crippen LogP contribution in [-0.4, -0.2) is 25.0 Å². The van der Waals surface area contributed by atoms with E-state index in [4.69, 9.17) is 5.73 Å². The van der Waals surface area contributed by atoms with Crippen LogP contribution in [0.1, 0.15) is 5.69 Å². The van der Waals surface area contributed by atoms with Gasteiger partial charge in [0.15, 0.2) is 0 Å². The Morgan fingerprint density at radius 1 is 1.08 bits per heavy atom.